The van der Waals surface area contributed by atoms with E-state index in [1.165, 1.54) is 0 Å². The Hall–Kier alpha value is -1.12. The fraction of sp³-hybridized carbons (Fsp3) is 0.167. The van der Waals surface area contributed by atoms with Gasteiger partial charge < -0.3 is 9.32 Å². The number of benzene rings is 1. The van der Waals surface area contributed by atoms with Crippen LogP contribution in [0.4, 0.5) is 5.88 Å². The number of rotatable bonds is 2. The molecule has 1 aromatic carbocycles. The van der Waals surface area contributed by atoms with Gasteiger partial charge in [0.05, 0.1) is 5.02 Å². The molecule has 0 amide bonds. The molecule has 0 aliphatic heterocycles. The first-order chi connectivity index (χ1) is 7.58. The van der Waals surface area contributed by atoms with Crippen molar-refractivity contribution in [2.24, 2.45) is 0 Å². The highest BCUT2D eigenvalue weighted by atomic mass is 35.5. The average molecular weight is 256 g/mol. The van der Waals surface area contributed by atoms with E-state index in [0.717, 1.165) is 17.2 Å². The third-order valence-electron chi connectivity index (χ3n) is 2.23. The van der Waals surface area contributed by atoms with Crippen LogP contribution in [0.25, 0.3) is 11.3 Å². The van der Waals surface area contributed by atoms with Gasteiger partial charge in [-0.25, -0.2) is 0 Å². The van der Waals surface area contributed by atoms with Crippen molar-refractivity contribution < 1.29 is 4.42 Å². The third-order valence-corrected chi connectivity index (χ3v) is 2.78. The van der Waals surface area contributed by atoms with E-state index < -0.39 is 0 Å². The second kappa shape index (κ2) is 4.40. The highest BCUT2D eigenvalue weighted by Crippen LogP contribution is 2.33. The van der Waals surface area contributed by atoms with E-state index in [1.54, 1.807) is 12.1 Å². The minimum Gasteiger partial charge on any atom is -0.441 e. The number of hydrogen-bond donors (Lipinski definition) is 0. The van der Waals surface area contributed by atoms with Crippen molar-refractivity contribution in [1.82, 2.24) is 0 Å². The molecule has 0 saturated carbocycles. The lowest BCUT2D eigenvalue weighted by atomic mass is 10.2. The van der Waals surface area contributed by atoms with Crippen molar-refractivity contribution in [1.29, 1.82) is 0 Å². The molecule has 1 heterocycles. The van der Waals surface area contributed by atoms with E-state index in [4.69, 9.17) is 27.6 Å². The largest absolute Gasteiger partial charge is 0.441 e. The van der Waals surface area contributed by atoms with Gasteiger partial charge in [-0.15, -0.1) is 0 Å². The van der Waals surface area contributed by atoms with Crippen molar-refractivity contribution in [3.63, 3.8) is 0 Å². The average Bonchev–Trinajstić information content (AvgIpc) is 2.66. The predicted octanol–water partition coefficient (Wildman–Crippen LogP) is 4.32. The SMILES string of the molecule is CN(C)c1ccc(-c2ccc(Cl)cc2Cl)o1. The molecule has 4 heteroatoms. The van der Waals surface area contributed by atoms with Crippen LogP contribution < -0.4 is 4.90 Å². The van der Waals surface area contributed by atoms with Gasteiger partial charge in [-0.2, -0.15) is 0 Å². The van der Waals surface area contributed by atoms with Gasteiger partial charge in [0, 0.05) is 30.7 Å². The lowest BCUT2D eigenvalue weighted by Gasteiger charge is -2.07. The maximum atomic E-state index is 6.09. The second-order valence-electron chi connectivity index (χ2n) is 3.66. The van der Waals surface area contributed by atoms with E-state index in [2.05, 4.69) is 0 Å². The minimum atomic E-state index is 0.590. The molecular weight excluding hydrogens is 245 g/mol. The molecule has 2 rings (SSSR count). The van der Waals surface area contributed by atoms with Gasteiger partial charge in [0.2, 0.25) is 0 Å². The molecule has 0 fully saturated rings. The zero-order valence-corrected chi connectivity index (χ0v) is 10.5. The number of anilines is 1. The normalized spacial score (nSPS) is 10.5. The summed E-state index contributed by atoms with van der Waals surface area (Å²) < 4.78 is 5.65. The van der Waals surface area contributed by atoms with Gasteiger partial charge in [-0.05, 0) is 24.3 Å². The van der Waals surface area contributed by atoms with Crippen molar-refractivity contribution >= 4 is 29.1 Å². The smallest absolute Gasteiger partial charge is 0.195 e. The molecule has 0 unspecified atom stereocenters. The Labute approximate surface area is 104 Å². The highest BCUT2D eigenvalue weighted by Gasteiger charge is 2.09. The Morgan fingerprint density at radius 1 is 1.06 bits per heavy atom. The molecule has 0 saturated heterocycles. The Kier molecular flexibility index (Phi) is 3.13. The molecular formula is C12H11Cl2NO. The minimum absolute atomic E-state index is 0.590. The molecule has 2 aromatic rings. The number of furan rings is 1. The summed E-state index contributed by atoms with van der Waals surface area (Å²) in [4.78, 5) is 1.90. The van der Waals surface area contributed by atoms with E-state index >= 15 is 0 Å². The number of halogens is 2. The maximum absolute atomic E-state index is 6.09. The first-order valence-electron chi connectivity index (χ1n) is 4.80. The van der Waals surface area contributed by atoms with Crippen LogP contribution in [-0.2, 0) is 0 Å². The van der Waals surface area contributed by atoms with Gasteiger partial charge in [-0.3, -0.25) is 0 Å². The first-order valence-corrected chi connectivity index (χ1v) is 5.56. The standard InChI is InChI=1S/C12H11Cl2NO/c1-15(2)12-6-5-11(16-12)9-4-3-8(13)7-10(9)14/h3-7H,1-2H3. The molecule has 0 atom stereocenters. The zero-order chi connectivity index (χ0) is 11.7. The lowest BCUT2D eigenvalue weighted by molar-refractivity contribution is 0.579. The van der Waals surface area contributed by atoms with Crippen molar-refractivity contribution in [3.05, 3.63) is 40.4 Å². The monoisotopic (exact) mass is 255 g/mol. The first kappa shape index (κ1) is 11.4. The molecule has 0 aliphatic rings. The van der Waals surface area contributed by atoms with Crippen LogP contribution >= 0.6 is 23.2 Å². The molecule has 16 heavy (non-hydrogen) atoms. The van der Waals surface area contributed by atoms with Crippen LogP contribution in [0.15, 0.2) is 34.7 Å². The molecule has 0 spiro atoms. The third kappa shape index (κ3) is 2.18. The van der Waals surface area contributed by atoms with E-state index in [9.17, 15) is 0 Å². The van der Waals surface area contributed by atoms with Gasteiger partial charge in [0.1, 0.15) is 5.76 Å². The molecule has 0 bridgehead atoms. The number of hydrogen-bond acceptors (Lipinski definition) is 2. The van der Waals surface area contributed by atoms with E-state index in [1.807, 2.05) is 37.2 Å². The molecule has 1 aromatic heterocycles. The quantitative estimate of drug-likeness (QED) is 0.795. The van der Waals surface area contributed by atoms with Crippen molar-refractivity contribution in [3.8, 4) is 11.3 Å². The van der Waals surface area contributed by atoms with Gasteiger partial charge in [0.25, 0.3) is 0 Å². The Balaban J connectivity index is 2.42. The summed E-state index contributed by atoms with van der Waals surface area (Å²) in [6.45, 7) is 0. The summed E-state index contributed by atoms with van der Waals surface area (Å²) in [5, 5.41) is 1.21. The summed E-state index contributed by atoms with van der Waals surface area (Å²) in [7, 11) is 3.85. The lowest BCUT2D eigenvalue weighted by Crippen LogP contribution is -2.06. The molecule has 0 radical (unpaired) electrons. The second-order valence-corrected chi connectivity index (χ2v) is 4.50. The van der Waals surface area contributed by atoms with Crippen LogP contribution in [-0.4, -0.2) is 14.1 Å². The fourth-order valence-corrected chi connectivity index (χ4v) is 1.90. The van der Waals surface area contributed by atoms with Crippen LogP contribution in [0.1, 0.15) is 0 Å². The van der Waals surface area contributed by atoms with Crippen LogP contribution in [0.3, 0.4) is 0 Å². The van der Waals surface area contributed by atoms with Crippen molar-refractivity contribution in [2.45, 2.75) is 0 Å². The maximum Gasteiger partial charge on any atom is 0.195 e. The van der Waals surface area contributed by atoms with Crippen molar-refractivity contribution in [2.75, 3.05) is 19.0 Å². The molecule has 2 nitrogen and oxygen atoms in total. The summed E-state index contributed by atoms with van der Waals surface area (Å²) in [6, 6.07) is 9.14. The molecule has 84 valence electrons. The summed E-state index contributed by atoms with van der Waals surface area (Å²) in [6.07, 6.45) is 0. The highest BCUT2D eigenvalue weighted by molar-refractivity contribution is 6.36. The van der Waals surface area contributed by atoms with Crippen LogP contribution in [0.5, 0.6) is 0 Å². The van der Waals surface area contributed by atoms with Gasteiger partial charge in [0.15, 0.2) is 5.88 Å². The zero-order valence-electron chi connectivity index (χ0n) is 9.00. The summed E-state index contributed by atoms with van der Waals surface area (Å²) in [5.74, 6) is 1.53. The van der Waals surface area contributed by atoms with E-state index in [0.29, 0.717) is 10.0 Å². The van der Waals surface area contributed by atoms with E-state index in [-0.39, 0.29) is 0 Å². The molecule has 0 aliphatic carbocycles. The predicted molar refractivity (Wildman–Crippen MR) is 68.5 cm³/mol. The van der Waals surface area contributed by atoms with Gasteiger partial charge >= 0.3 is 0 Å². The van der Waals surface area contributed by atoms with Crippen LogP contribution in [0, 0.1) is 0 Å². The fourth-order valence-electron chi connectivity index (χ4n) is 1.40. The Bertz CT molecular complexity index is 505. The Morgan fingerprint density at radius 2 is 1.81 bits per heavy atom. The molecule has 0 N–H and O–H groups in total. The van der Waals surface area contributed by atoms with Crippen LogP contribution in [0.2, 0.25) is 10.0 Å². The topological polar surface area (TPSA) is 16.4 Å². The summed E-state index contributed by atoms with van der Waals surface area (Å²) >= 11 is 11.9. The van der Waals surface area contributed by atoms with Gasteiger partial charge in [-0.1, -0.05) is 23.2 Å². The Morgan fingerprint density at radius 3 is 2.38 bits per heavy atom. The summed E-state index contributed by atoms with van der Waals surface area (Å²) in [5.41, 5.74) is 0.846. The number of nitrogens with zero attached hydrogens (tertiary/aromatic N) is 1.